The van der Waals surface area contributed by atoms with Gasteiger partial charge in [-0.2, -0.15) is 0 Å². The number of nitrogens with one attached hydrogen (secondary N) is 1. The van der Waals surface area contributed by atoms with Gasteiger partial charge in [0.2, 0.25) is 0 Å². The number of hydrogen-bond donors (Lipinski definition) is 1. The van der Waals surface area contributed by atoms with Gasteiger partial charge in [-0.05, 0) is 105 Å². The van der Waals surface area contributed by atoms with Crippen LogP contribution in [0, 0.1) is 11.7 Å². The van der Waals surface area contributed by atoms with E-state index < -0.39 is 0 Å². The first-order valence-corrected chi connectivity index (χ1v) is 13.5. The number of carbonyl (C=O) groups is 2. The zero-order valence-electron chi connectivity index (χ0n) is 21.3. The summed E-state index contributed by atoms with van der Waals surface area (Å²) in [6.45, 7) is 3.64. The molecule has 1 fully saturated rings. The molecule has 192 valence electrons. The summed E-state index contributed by atoms with van der Waals surface area (Å²) in [5.74, 6) is 0.536. The molecule has 0 saturated carbocycles. The quantitative estimate of drug-likeness (QED) is 0.426. The summed E-state index contributed by atoms with van der Waals surface area (Å²) in [7, 11) is 0. The number of aryl methyl sites for hydroxylation is 1. The molecule has 4 nitrogen and oxygen atoms in total. The molecule has 1 saturated heterocycles. The molecule has 1 heterocycles. The molecule has 5 heteroatoms. The molecule has 1 N–H and O–H groups in total. The van der Waals surface area contributed by atoms with E-state index in [0.29, 0.717) is 24.4 Å². The van der Waals surface area contributed by atoms with E-state index in [0.717, 1.165) is 55.6 Å². The van der Waals surface area contributed by atoms with Crippen molar-refractivity contribution in [3.63, 3.8) is 0 Å². The molecule has 37 heavy (non-hydrogen) atoms. The van der Waals surface area contributed by atoms with Gasteiger partial charge in [-0.3, -0.25) is 9.59 Å². The molecule has 0 radical (unpaired) electrons. The largest absolute Gasteiger partial charge is 0.352 e. The smallest absolute Gasteiger partial charge is 0.251 e. The second-order valence-electron chi connectivity index (χ2n) is 10.4. The molecule has 1 amide bonds. The molecule has 2 aliphatic rings. The number of ketones is 1. The summed E-state index contributed by atoms with van der Waals surface area (Å²) in [6, 6.07) is 22.6. The molecule has 1 aliphatic heterocycles. The van der Waals surface area contributed by atoms with Gasteiger partial charge in [0, 0.05) is 23.6 Å². The number of rotatable bonds is 8. The highest BCUT2D eigenvalue weighted by molar-refractivity contribution is 6.02. The van der Waals surface area contributed by atoms with E-state index in [4.69, 9.17) is 0 Å². The zero-order valence-corrected chi connectivity index (χ0v) is 21.3. The Morgan fingerprint density at radius 1 is 0.946 bits per heavy atom. The summed E-state index contributed by atoms with van der Waals surface area (Å²) in [5, 5.41) is 2.94. The van der Waals surface area contributed by atoms with E-state index in [1.165, 1.54) is 30.5 Å². The SMILES string of the molecule is O=C(NCCc1ccc(F)cc1)c1ccc2c(c1)CCC(CCN1CCC(c3ccccc3)CC1)C2=O. The minimum absolute atomic E-state index is 0.0646. The Morgan fingerprint density at radius 2 is 1.70 bits per heavy atom. The number of hydrogen-bond acceptors (Lipinski definition) is 3. The van der Waals surface area contributed by atoms with Crippen LogP contribution in [-0.2, 0) is 12.8 Å². The van der Waals surface area contributed by atoms with E-state index in [2.05, 4.69) is 40.5 Å². The highest BCUT2D eigenvalue weighted by Crippen LogP contribution is 2.31. The molecule has 3 aromatic rings. The van der Waals surface area contributed by atoms with Crippen LogP contribution in [-0.4, -0.2) is 42.8 Å². The first kappa shape index (κ1) is 25.3. The van der Waals surface area contributed by atoms with Crippen molar-refractivity contribution in [2.75, 3.05) is 26.2 Å². The number of nitrogens with zero attached hydrogens (tertiary/aromatic N) is 1. The number of Topliss-reactive ketones (excluding diaryl/α,β-unsaturated/α-hetero) is 1. The van der Waals surface area contributed by atoms with E-state index in [1.807, 2.05) is 12.1 Å². The minimum atomic E-state index is -0.262. The number of carbonyl (C=O) groups excluding carboxylic acids is 2. The van der Waals surface area contributed by atoms with Crippen molar-refractivity contribution in [1.82, 2.24) is 10.2 Å². The lowest BCUT2D eigenvalue weighted by Gasteiger charge is -2.33. The van der Waals surface area contributed by atoms with Crippen LogP contribution >= 0.6 is 0 Å². The third-order valence-corrected chi connectivity index (χ3v) is 8.03. The molecule has 3 aromatic carbocycles. The Balaban J connectivity index is 1.09. The van der Waals surface area contributed by atoms with Gasteiger partial charge in [-0.25, -0.2) is 4.39 Å². The van der Waals surface area contributed by atoms with Gasteiger partial charge in [0.25, 0.3) is 5.91 Å². The normalized spacial score (nSPS) is 18.4. The summed E-state index contributed by atoms with van der Waals surface area (Å²) in [4.78, 5) is 28.4. The summed E-state index contributed by atoms with van der Waals surface area (Å²) in [5.41, 5.74) is 4.77. The van der Waals surface area contributed by atoms with Crippen LogP contribution in [0.15, 0.2) is 72.8 Å². The predicted molar refractivity (Wildman–Crippen MR) is 144 cm³/mol. The Labute approximate surface area is 218 Å². The molecule has 1 aliphatic carbocycles. The molecule has 5 rings (SSSR count). The topological polar surface area (TPSA) is 49.4 Å². The minimum Gasteiger partial charge on any atom is -0.352 e. The summed E-state index contributed by atoms with van der Waals surface area (Å²) in [6.07, 6.45) is 5.59. The van der Waals surface area contributed by atoms with Gasteiger partial charge in [-0.1, -0.05) is 48.5 Å². The van der Waals surface area contributed by atoms with E-state index >= 15 is 0 Å². The van der Waals surface area contributed by atoms with E-state index in [1.54, 1.807) is 18.2 Å². The van der Waals surface area contributed by atoms with Gasteiger partial charge >= 0.3 is 0 Å². The third-order valence-electron chi connectivity index (χ3n) is 8.03. The maximum absolute atomic E-state index is 13.2. The van der Waals surface area contributed by atoms with Crippen LogP contribution < -0.4 is 5.32 Å². The predicted octanol–water partition coefficient (Wildman–Crippen LogP) is 5.81. The van der Waals surface area contributed by atoms with Crippen molar-refractivity contribution in [3.8, 4) is 0 Å². The van der Waals surface area contributed by atoms with Crippen molar-refractivity contribution in [3.05, 3.63) is 106 Å². The lowest BCUT2D eigenvalue weighted by Crippen LogP contribution is -2.35. The van der Waals surface area contributed by atoms with Crippen LogP contribution in [0.25, 0.3) is 0 Å². The number of likely N-dealkylation sites (tertiary alicyclic amines) is 1. The fourth-order valence-electron chi connectivity index (χ4n) is 5.77. The van der Waals surface area contributed by atoms with Crippen LogP contribution in [0.3, 0.4) is 0 Å². The van der Waals surface area contributed by atoms with Crippen LogP contribution in [0.2, 0.25) is 0 Å². The van der Waals surface area contributed by atoms with Gasteiger partial charge in [0.1, 0.15) is 5.82 Å². The molecular weight excluding hydrogens is 463 g/mol. The average molecular weight is 499 g/mol. The average Bonchev–Trinajstić information content (AvgIpc) is 2.94. The van der Waals surface area contributed by atoms with Gasteiger partial charge in [0.05, 0.1) is 0 Å². The Kier molecular flexibility index (Phi) is 8.10. The monoisotopic (exact) mass is 498 g/mol. The first-order valence-electron chi connectivity index (χ1n) is 13.5. The molecule has 0 bridgehead atoms. The van der Waals surface area contributed by atoms with E-state index in [-0.39, 0.29) is 23.4 Å². The van der Waals surface area contributed by atoms with Crippen LogP contribution in [0.5, 0.6) is 0 Å². The second kappa shape index (κ2) is 11.8. The molecule has 0 aromatic heterocycles. The molecule has 1 unspecified atom stereocenters. The number of piperidine rings is 1. The second-order valence-corrected chi connectivity index (χ2v) is 10.4. The maximum atomic E-state index is 13.2. The van der Waals surface area contributed by atoms with Crippen molar-refractivity contribution in [1.29, 1.82) is 0 Å². The van der Waals surface area contributed by atoms with Gasteiger partial charge < -0.3 is 10.2 Å². The molecule has 1 atom stereocenters. The highest BCUT2D eigenvalue weighted by atomic mass is 19.1. The van der Waals surface area contributed by atoms with Crippen LogP contribution in [0.4, 0.5) is 4.39 Å². The number of halogens is 1. The maximum Gasteiger partial charge on any atom is 0.251 e. The summed E-state index contributed by atoms with van der Waals surface area (Å²) >= 11 is 0. The lowest BCUT2D eigenvalue weighted by molar-refractivity contribution is 0.0875. The van der Waals surface area contributed by atoms with Crippen LogP contribution in [0.1, 0.15) is 69.0 Å². The van der Waals surface area contributed by atoms with E-state index in [9.17, 15) is 14.0 Å². The fourth-order valence-corrected chi connectivity index (χ4v) is 5.77. The van der Waals surface area contributed by atoms with Gasteiger partial charge in [0.15, 0.2) is 5.78 Å². The van der Waals surface area contributed by atoms with Crippen molar-refractivity contribution in [2.45, 2.75) is 44.4 Å². The molecule has 0 spiro atoms. The number of benzene rings is 3. The summed E-state index contributed by atoms with van der Waals surface area (Å²) < 4.78 is 13.0. The first-order chi connectivity index (χ1) is 18.1. The van der Waals surface area contributed by atoms with Gasteiger partial charge in [-0.15, -0.1) is 0 Å². The zero-order chi connectivity index (χ0) is 25.6. The standard InChI is InChI=1S/C32H35FN2O2/c33-29-11-6-23(7-12-29)14-18-34-32(37)28-10-13-30-27(22-28)9-8-26(31(30)36)17-21-35-19-15-25(16-20-35)24-4-2-1-3-5-24/h1-7,10-13,22,25-26H,8-9,14-21H2,(H,34,37). The highest BCUT2D eigenvalue weighted by Gasteiger charge is 2.29. The Morgan fingerprint density at radius 3 is 2.46 bits per heavy atom. The lowest BCUT2D eigenvalue weighted by atomic mass is 9.80. The Hall–Kier alpha value is -3.31. The van der Waals surface area contributed by atoms with Crippen molar-refractivity contribution >= 4 is 11.7 Å². The number of fused-ring (bicyclic) bond motifs is 1. The number of amides is 1. The molecular formula is C32H35FN2O2. The van der Waals surface area contributed by atoms with Crippen molar-refractivity contribution < 1.29 is 14.0 Å². The Bertz CT molecular complexity index is 1220. The fraction of sp³-hybridized carbons (Fsp3) is 0.375. The van der Waals surface area contributed by atoms with Crippen molar-refractivity contribution in [2.24, 2.45) is 5.92 Å². The third kappa shape index (κ3) is 6.34.